The summed E-state index contributed by atoms with van der Waals surface area (Å²) in [5.41, 5.74) is 0.884. The molecular formula is C17H15NO3. The summed E-state index contributed by atoms with van der Waals surface area (Å²) in [6, 6.07) is 13.5. The van der Waals surface area contributed by atoms with E-state index in [1.165, 1.54) is 13.0 Å². The second-order valence-electron chi connectivity index (χ2n) is 4.51. The first-order chi connectivity index (χ1) is 10.1. The molecule has 0 bridgehead atoms. The van der Waals surface area contributed by atoms with Gasteiger partial charge in [-0.2, -0.15) is 5.26 Å². The van der Waals surface area contributed by atoms with E-state index in [-0.39, 0.29) is 0 Å². The number of carbonyl (C=O) groups is 1. The van der Waals surface area contributed by atoms with Gasteiger partial charge in [-0.3, -0.25) is 0 Å². The predicted molar refractivity (Wildman–Crippen MR) is 80.7 cm³/mol. The van der Waals surface area contributed by atoms with E-state index < -0.39 is 12.1 Å². The van der Waals surface area contributed by atoms with Crippen molar-refractivity contribution in [3.05, 3.63) is 48.0 Å². The molecule has 0 aliphatic rings. The largest absolute Gasteiger partial charge is 0.497 e. The minimum Gasteiger partial charge on any atom is -0.497 e. The van der Waals surface area contributed by atoms with E-state index in [0.717, 1.165) is 22.1 Å². The summed E-state index contributed by atoms with van der Waals surface area (Å²) in [4.78, 5) is 11.5. The van der Waals surface area contributed by atoms with Crippen LogP contribution in [-0.2, 0) is 9.53 Å². The van der Waals surface area contributed by atoms with Crippen molar-refractivity contribution in [2.24, 2.45) is 0 Å². The maximum atomic E-state index is 11.5. The molecule has 0 N–H and O–H groups in total. The van der Waals surface area contributed by atoms with Crippen LogP contribution in [0, 0.1) is 11.3 Å². The van der Waals surface area contributed by atoms with Gasteiger partial charge in [0.05, 0.1) is 7.11 Å². The van der Waals surface area contributed by atoms with Crippen molar-refractivity contribution in [3.8, 4) is 11.8 Å². The van der Waals surface area contributed by atoms with E-state index in [0.29, 0.717) is 0 Å². The summed E-state index contributed by atoms with van der Waals surface area (Å²) >= 11 is 0. The van der Waals surface area contributed by atoms with Gasteiger partial charge in [0.1, 0.15) is 11.8 Å². The molecule has 0 spiro atoms. The maximum absolute atomic E-state index is 11.5. The molecule has 2 rings (SSSR count). The van der Waals surface area contributed by atoms with Gasteiger partial charge < -0.3 is 9.47 Å². The molecular weight excluding hydrogens is 266 g/mol. The van der Waals surface area contributed by atoms with Crippen LogP contribution in [0.4, 0.5) is 0 Å². The number of benzene rings is 2. The lowest BCUT2D eigenvalue weighted by atomic mass is 10.1. The molecule has 1 atom stereocenters. The third kappa shape index (κ3) is 3.83. The van der Waals surface area contributed by atoms with Gasteiger partial charge in [-0.1, -0.05) is 18.2 Å². The van der Waals surface area contributed by atoms with Gasteiger partial charge in [0.15, 0.2) is 6.10 Å². The lowest BCUT2D eigenvalue weighted by molar-refractivity contribution is -0.139. The van der Waals surface area contributed by atoms with Crippen molar-refractivity contribution in [2.45, 2.75) is 13.0 Å². The standard InChI is InChI=1S/C17H15NO3/c1-12(11-18)21-17(19)8-4-13-3-5-15-10-16(20-2)7-6-14(15)9-13/h3-10,12H,1-2H3/b8-4+/t12-/m1/s1. The highest BCUT2D eigenvalue weighted by atomic mass is 16.5. The zero-order chi connectivity index (χ0) is 15.2. The van der Waals surface area contributed by atoms with Crippen LogP contribution in [0.2, 0.25) is 0 Å². The maximum Gasteiger partial charge on any atom is 0.332 e. The Morgan fingerprint density at radius 3 is 2.67 bits per heavy atom. The van der Waals surface area contributed by atoms with E-state index in [1.807, 2.05) is 42.5 Å². The monoisotopic (exact) mass is 281 g/mol. The van der Waals surface area contributed by atoms with Gasteiger partial charge in [0, 0.05) is 6.08 Å². The zero-order valence-electron chi connectivity index (χ0n) is 11.9. The average molecular weight is 281 g/mol. The van der Waals surface area contributed by atoms with Crippen molar-refractivity contribution >= 4 is 22.8 Å². The molecule has 106 valence electrons. The smallest absolute Gasteiger partial charge is 0.332 e. The lowest BCUT2D eigenvalue weighted by Gasteiger charge is -2.04. The van der Waals surface area contributed by atoms with Gasteiger partial charge in [-0.25, -0.2) is 4.79 Å². The Bertz CT molecular complexity index is 728. The number of hydrogen-bond donors (Lipinski definition) is 0. The van der Waals surface area contributed by atoms with Crippen molar-refractivity contribution < 1.29 is 14.3 Å². The molecule has 0 saturated carbocycles. The van der Waals surface area contributed by atoms with Crippen LogP contribution < -0.4 is 4.74 Å². The number of fused-ring (bicyclic) bond motifs is 1. The molecule has 0 aliphatic carbocycles. The molecule has 4 nitrogen and oxygen atoms in total. The van der Waals surface area contributed by atoms with Crippen molar-refractivity contribution in [2.75, 3.05) is 7.11 Å². The van der Waals surface area contributed by atoms with Crippen molar-refractivity contribution in [3.63, 3.8) is 0 Å². The summed E-state index contributed by atoms with van der Waals surface area (Å²) in [6.07, 6.45) is 2.24. The molecule has 0 amide bonds. The van der Waals surface area contributed by atoms with Gasteiger partial charge in [0.25, 0.3) is 0 Å². The molecule has 2 aromatic carbocycles. The Balaban J connectivity index is 2.16. The van der Waals surface area contributed by atoms with Crippen LogP contribution >= 0.6 is 0 Å². The van der Waals surface area contributed by atoms with Gasteiger partial charge in [0.2, 0.25) is 0 Å². The van der Waals surface area contributed by atoms with E-state index in [9.17, 15) is 4.79 Å². The SMILES string of the molecule is COc1ccc2cc(/C=C/C(=O)O[C@H](C)C#N)ccc2c1. The van der Waals surface area contributed by atoms with Gasteiger partial charge in [-0.05, 0) is 47.5 Å². The topological polar surface area (TPSA) is 59.3 Å². The van der Waals surface area contributed by atoms with E-state index >= 15 is 0 Å². The number of carbonyl (C=O) groups excluding carboxylic acids is 1. The molecule has 0 heterocycles. The summed E-state index contributed by atoms with van der Waals surface area (Å²) in [7, 11) is 1.63. The van der Waals surface area contributed by atoms with Crippen molar-refractivity contribution in [1.29, 1.82) is 5.26 Å². The number of nitrogens with zero attached hydrogens (tertiary/aromatic N) is 1. The highest BCUT2D eigenvalue weighted by Gasteiger charge is 2.04. The molecule has 2 aromatic rings. The Morgan fingerprint density at radius 1 is 1.24 bits per heavy atom. The van der Waals surface area contributed by atoms with Crippen LogP contribution in [-0.4, -0.2) is 19.2 Å². The normalized spacial score (nSPS) is 12.0. The fraction of sp³-hybridized carbons (Fsp3) is 0.176. The first kappa shape index (κ1) is 14.6. The Hall–Kier alpha value is -2.80. The fourth-order valence-electron chi connectivity index (χ4n) is 1.88. The molecule has 0 aromatic heterocycles. The minimum atomic E-state index is -0.744. The van der Waals surface area contributed by atoms with E-state index in [1.54, 1.807) is 13.2 Å². The van der Waals surface area contributed by atoms with Crippen LogP contribution in [0.5, 0.6) is 5.75 Å². The number of hydrogen-bond acceptors (Lipinski definition) is 4. The Labute approximate surface area is 123 Å². The molecule has 0 saturated heterocycles. The third-order valence-electron chi connectivity index (χ3n) is 2.96. The lowest BCUT2D eigenvalue weighted by Crippen LogP contribution is -2.10. The van der Waals surface area contributed by atoms with Crippen molar-refractivity contribution in [1.82, 2.24) is 0 Å². The summed E-state index contributed by atoms with van der Waals surface area (Å²) in [5, 5.41) is 10.7. The highest BCUT2D eigenvalue weighted by molar-refractivity contribution is 5.90. The first-order valence-corrected chi connectivity index (χ1v) is 6.48. The predicted octanol–water partition coefficient (Wildman–Crippen LogP) is 3.32. The average Bonchev–Trinajstić information content (AvgIpc) is 2.52. The summed E-state index contributed by atoms with van der Waals surface area (Å²) in [6.45, 7) is 1.52. The minimum absolute atomic E-state index is 0.529. The van der Waals surface area contributed by atoms with E-state index in [2.05, 4.69) is 0 Å². The Kier molecular flexibility index (Phi) is 4.57. The van der Waals surface area contributed by atoms with Crippen LogP contribution in [0.15, 0.2) is 42.5 Å². The Morgan fingerprint density at radius 2 is 1.95 bits per heavy atom. The fourth-order valence-corrected chi connectivity index (χ4v) is 1.88. The number of esters is 1. The van der Waals surface area contributed by atoms with Crippen LogP contribution in [0.1, 0.15) is 12.5 Å². The van der Waals surface area contributed by atoms with Crippen LogP contribution in [0.25, 0.3) is 16.8 Å². The molecule has 0 unspecified atom stereocenters. The molecule has 0 aliphatic heterocycles. The second-order valence-corrected chi connectivity index (χ2v) is 4.51. The second kappa shape index (κ2) is 6.58. The first-order valence-electron chi connectivity index (χ1n) is 6.48. The molecule has 4 heteroatoms. The number of rotatable bonds is 4. The number of ether oxygens (including phenoxy) is 2. The number of nitriles is 1. The van der Waals surface area contributed by atoms with E-state index in [4.69, 9.17) is 14.7 Å². The molecule has 0 radical (unpaired) electrons. The van der Waals surface area contributed by atoms with Crippen LogP contribution in [0.3, 0.4) is 0 Å². The molecule has 0 fully saturated rings. The molecule has 21 heavy (non-hydrogen) atoms. The third-order valence-corrected chi connectivity index (χ3v) is 2.96. The zero-order valence-corrected chi connectivity index (χ0v) is 11.9. The quantitative estimate of drug-likeness (QED) is 0.637. The number of methoxy groups -OCH3 is 1. The summed E-state index contributed by atoms with van der Waals surface area (Å²) in [5.74, 6) is 0.277. The summed E-state index contributed by atoms with van der Waals surface area (Å²) < 4.78 is 10.0. The highest BCUT2D eigenvalue weighted by Crippen LogP contribution is 2.22. The van der Waals surface area contributed by atoms with Gasteiger partial charge in [-0.15, -0.1) is 0 Å². The van der Waals surface area contributed by atoms with Gasteiger partial charge >= 0.3 is 5.97 Å².